The number of carbonyl (C=O) groups is 1. The highest BCUT2D eigenvalue weighted by molar-refractivity contribution is 9.10. The first-order valence-electron chi connectivity index (χ1n) is 7.10. The number of ketones is 1. The van der Waals surface area contributed by atoms with Crippen molar-refractivity contribution in [3.8, 4) is 11.5 Å². The number of nitro groups is 1. The lowest BCUT2D eigenvalue weighted by atomic mass is 10.1. The van der Waals surface area contributed by atoms with Gasteiger partial charge in [0.1, 0.15) is 13.2 Å². The molecule has 0 amide bonds. The lowest BCUT2D eigenvalue weighted by molar-refractivity contribution is -0.384. The molecular weight excluding hydrogens is 378 g/mol. The Balaban J connectivity index is 1.84. The summed E-state index contributed by atoms with van der Waals surface area (Å²) in [6, 6.07) is 9.39. The SMILES string of the molecule is O=C(C=Cc1cccc([N+](=O)[O-])c1)c1cc2c(cc1Br)OCCO2. The van der Waals surface area contributed by atoms with Crippen LogP contribution in [0.15, 0.2) is 46.9 Å². The highest BCUT2D eigenvalue weighted by atomic mass is 79.9. The van der Waals surface area contributed by atoms with Crippen molar-refractivity contribution in [2.45, 2.75) is 0 Å². The molecular formula is C17H12BrNO5. The van der Waals surface area contributed by atoms with Crippen molar-refractivity contribution in [2.24, 2.45) is 0 Å². The van der Waals surface area contributed by atoms with Gasteiger partial charge in [0.05, 0.1) is 4.92 Å². The molecule has 0 bridgehead atoms. The van der Waals surface area contributed by atoms with Crippen LogP contribution in [0.3, 0.4) is 0 Å². The second kappa shape index (κ2) is 6.84. The van der Waals surface area contributed by atoms with Gasteiger partial charge in [0.15, 0.2) is 17.3 Å². The summed E-state index contributed by atoms with van der Waals surface area (Å²) in [6.07, 6.45) is 2.91. The molecule has 0 N–H and O–H groups in total. The molecule has 24 heavy (non-hydrogen) atoms. The lowest BCUT2D eigenvalue weighted by Gasteiger charge is -2.19. The predicted octanol–water partition coefficient (Wildman–Crippen LogP) is 4.02. The zero-order valence-corrected chi connectivity index (χ0v) is 14.0. The number of hydrogen-bond acceptors (Lipinski definition) is 5. The van der Waals surface area contributed by atoms with Crippen LogP contribution in [0.1, 0.15) is 15.9 Å². The largest absolute Gasteiger partial charge is 0.486 e. The van der Waals surface area contributed by atoms with E-state index in [0.717, 1.165) is 0 Å². The van der Waals surface area contributed by atoms with Gasteiger partial charge in [-0.25, -0.2) is 0 Å². The van der Waals surface area contributed by atoms with E-state index in [1.807, 2.05) is 0 Å². The van der Waals surface area contributed by atoms with Crippen molar-refractivity contribution < 1.29 is 19.2 Å². The molecule has 0 atom stereocenters. The third-order valence-corrected chi connectivity index (χ3v) is 4.06. The highest BCUT2D eigenvalue weighted by Gasteiger charge is 2.17. The van der Waals surface area contributed by atoms with Gasteiger partial charge >= 0.3 is 0 Å². The van der Waals surface area contributed by atoms with E-state index in [1.165, 1.54) is 18.2 Å². The van der Waals surface area contributed by atoms with Gasteiger partial charge in [-0.05, 0) is 39.7 Å². The summed E-state index contributed by atoms with van der Waals surface area (Å²) in [7, 11) is 0. The van der Waals surface area contributed by atoms with Crippen molar-refractivity contribution >= 4 is 33.5 Å². The van der Waals surface area contributed by atoms with E-state index in [0.29, 0.717) is 40.3 Å². The molecule has 6 nitrogen and oxygen atoms in total. The number of allylic oxidation sites excluding steroid dienone is 1. The number of nitrogens with zero attached hydrogens (tertiary/aromatic N) is 1. The highest BCUT2D eigenvalue weighted by Crippen LogP contribution is 2.35. The average molecular weight is 390 g/mol. The van der Waals surface area contributed by atoms with Gasteiger partial charge in [0.25, 0.3) is 5.69 Å². The summed E-state index contributed by atoms with van der Waals surface area (Å²) < 4.78 is 11.5. The predicted molar refractivity (Wildman–Crippen MR) is 91.6 cm³/mol. The van der Waals surface area contributed by atoms with Crippen LogP contribution in [0.25, 0.3) is 6.08 Å². The lowest BCUT2D eigenvalue weighted by Crippen LogP contribution is -2.16. The van der Waals surface area contributed by atoms with Crippen LogP contribution < -0.4 is 9.47 Å². The number of ether oxygens (including phenoxy) is 2. The molecule has 1 aliphatic rings. The Labute approximate surface area is 146 Å². The van der Waals surface area contributed by atoms with Gasteiger partial charge in [0.2, 0.25) is 0 Å². The van der Waals surface area contributed by atoms with E-state index in [-0.39, 0.29) is 11.5 Å². The third kappa shape index (κ3) is 3.46. The Hall–Kier alpha value is -2.67. The Bertz CT molecular complexity index is 847. The molecule has 2 aromatic rings. The number of halogens is 1. The van der Waals surface area contributed by atoms with Crippen LogP contribution in [0.2, 0.25) is 0 Å². The molecule has 0 radical (unpaired) electrons. The molecule has 0 fully saturated rings. The van der Waals surface area contributed by atoms with E-state index in [2.05, 4.69) is 15.9 Å². The number of rotatable bonds is 4. The smallest absolute Gasteiger partial charge is 0.270 e. The van der Waals surface area contributed by atoms with Crippen LogP contribution in [-0.2, 0) is 0 Å². The number of non-ortho nitro benzene ring substituents is 1. The molecule has 3 rings (SSSR count). The van der Waals surface area contributed by atoms with E-state index in [9.17, 15) is 14.9 Å². The Kier molecular flexibility index (Phi) is 4.61. The number of benzene rings is 2. The van der Waals surface area contributed by atoms with Crippen LogP contribution in [-0.4, -0.2) is 23.9 Å². The maximum absolute atomic E-state index is 12.4. The second-order valence-electron chi connectivity index (χ2n) is 5.03. The Morgan fingerprint density at radius 3 is 2.58 bits per heavy atom. The van der Waals surface area contributed by atoms with Crippen molar-refractivity contribution in [3.05, 3.63) is 68.2 Å². The minimum atomic E-state index is -0.476. The van der Waals surface area contributed by atoms with Crippen molar-refractivity contribution in [1.82, 2.24) is 0 Å². The van der Waals surface area contributed by atoms with Gasteiger partial charge in [-0.2, -0.15) is 0 Å². The first-order valence-corrected chi connectivity index (χ1v) is 7.90. The van der Waals surface area contributed by atoms with Gasteiger partial charge in [-0.3, -0.25) is 14.9 Å². The minimum absolute atomic E-state index is 0.0230. The number of hydrogen-bond donors (Lipinski definition) is 0. The summed E-state index contributed by atoms with van der Waals surface area (Å²) in [6.45, 7) is 0.908. The van der Waals surface area contributed by atoms with Crippen LogP contribution in [0, 0.1) is 10.1 Å². The first-order chi connectivity index (χ1) is 11.5. The monoisotopic (exact) mass is 389 g/mol. The normalized spacial score (nSPS) is 13.0. The van der Waals surface area contributed by atoms with E-state index >= 15 is 0 Å². The summed E-state index contributed by atoms with van der Waals surface area (Å²) in [4.78, 5) is 22.7. The van der Waals surface area contributed by atoms with Crippen molar-refractivity contribution in [3.63, 3.8) is 0 Å². The fourth-order valence-electron chi connectivity index (χ4n) is 2.26. The Morgan fingerprint density at radius 1 is 1.17 bits per heavy atom. The third-order valence-electron chi connectivity index (χ3n) is 3.41. The fourth-order valence-corrected chi connectivity index (χ4v) is 2.77. The maximum atomic E-state index is 12.4. The quantitative estimate of drug-likeness (QED) is 0.341. The van der Waals surface area contributed by atoms with E-state index in [4.69, 9.17) is 9.47 Å². The van der Waals surface area contributed by atoms with Gasteiger partial charge < -0.3 is 9.47 Å². The first kappa shape index (κ1) is 16.2. The molecule has 0 unspecified atom stereocenters. The minimum Gasteiger partial charge on any atom is -0.486 e. The Morgan fingerprint density at radius 2 is 1.88 bits per heavy atom. The van der Waals surface area contributed by atoms with Gasteiger partial charge in [0, 0.05) is 22.2 Å². The van der Waals surface area contributed by atoms with Crippen molar-refractivity contribution in [1.29, 1.82) is 0 Å². The molecule has 0 aliphatic carbocycles. The van der Waals surface area contributed by atoms with Gasteiger partial charge in [-0.1, -0.05) is 18.2 Å². The standard InChI is InChI=1S/C17H12BrNO5/c18-14-10-17-16(23-6-7-24-17)9-13(14)15(20)5-4-11-2-1-3-12(8-11)19(21)22/h1-5,8-10H,6-7H2. The molecule has 122 valence electrons. The van der Waals surface area contributed by atoms with Crippen LogP contribution in [0.4, 0.5) is 5.69 Å². The topological polar surface area (TPSA) is 78.7 Å². The molecule has 0 saturated heterocycles. The molecule has 2 aromatic carbocycles. The molecule has 1 aliphatic heterocycles. The summed E-state index contributed by atoms with van der Waals surface area (Å²) in [5, 5.41) is 10.8. The van der Waals surface area contributed by atoms with Crippen LogP contribution >= 0.6 is 15.9 Å². The summed E-state index contributed by atoms with van der Waals surface area (Å²) in [5.41, 5.74) is 0.984. The number of carbonyl (C=O) groups excluding carboxylic acids is 1. The maximum Gasteiger partial charge on any atom is 0.270 e. The van der Waals surface area contributed by atoms with E-state index < -0.39 is 4.92 Å². The van der Waals surface area contributed by atoms with Crippen LogP contribution in [0.5, 0.6) is 11.5 Å². The van der Waals surface area contributed by atoms with E-state index in [1.54, 1.807) is 30.3 Å². The molecule has 1 heterocycles. The fraction of sp³-hybridized carbons (Fsp3) is 0.118. The zero-order valence-electron chi connectivity index (χ0n) is 12.4. The molecule has 7 heteroatoms. The molecule has 0 spiro atoms. The average Bonchev–Trinajstić information content (AvgIpc) is 2.59. The summed E-state index contributed by atoms with van der Waals surface area (Å²) >= 11 is 3.35. The van der Waals surface area contributed by atoms with Crippen molar-refractivity contribution in [2.75, 3.05) is 13.2 Å². The summed E-state index contributed by atoms with van der Waals surface area (Å²) in [5.74, 6) is 0.870. The number of fused-ring (bicyclic) bond motifs is 1. The second-order valence-corrected chi connectivity index (χ2v) is 5.88. The zero-order chi connectivity index (χ0) is 17.1. The molecule has 0 aromatic heterocycles. The molecule has 0 saturated carbocycles. The number of nitro benzene ring substituents is 1. The van der Waals surface area contributed by atoms with Gasteiger partial charge in [-0.15, -0.1) is 0 Å².